The van der Waals surface area contributed by atoms with Crippen LogP contribution in [0.15, 0.2) is 188 Å². The molecule has 3 nitrogen and oxygen atoms in total. The largest absolute Gasteiger partial charge is 0.208 e. The van der Waals surface area contributed by atoms with Crippen molar-refractivity contribution < 1.29 is 8.22 Å². The highest BCUT2D eigenvalue weighted by atomic mass is 15.0. The summed E-state index contributed by atoms with van der Waals surface area (Å²) in [6.45, 7) is 0. The molecule has 0 unspecified atom stereocenters. The monoisotopic (exact) mass is 643 g/mol. The van der Waals surface area contributed by atoms with Crippen LogP contribution in [0.25, 0.3) is 89.1 Å². The summed E-state index contributed by atoms with van der Waals surface area (Å²) in [7, 11) is 0. The lowest BCUT2D eigenvalue weighted by Gasteiger charge is -2.14. The van der Waals surface area contributed by atoms with Crippen LogP contribution in [0.2, 0.25) is 0 Å². The fourth-order valence-corrected chi connectivity index (χ4v) is 6.44. The number of nitrogens with zero attached hydrogens (tertiary/aromatic N) is 3. The molecule has 9 rings (SSSR count). The fraction of sp³-hybridized carbons (Fsp3) is 0. The van der Waals surface area contributed by atoms with Crippen molar-refractivity contribution in [3.63, 3.8) is 0 Å². The quantitative estimate of drug-likeness (QED) is 0.181. The van der Waals surface area contributed by atoms with E-state index in [4.69, 9.17) is 20.4 Å². The Kier molecular flexibility index (Phi) is 6.00. The predicted octanol–water partition coefficient (Wildman–Crippen LogP) is 12.2. The van der Waals surface area contributed by atoms with Crippen molar-refractivity contribution in [3.8, 4) is 67.5 Å². The lowest BCUT2D eigenvalue weighted by Crippen LogP contribution is -2.00. The fourth-order valence-electron chi connectivity index (χ4n) is 6.44. The minimum atomic E-state index is -0.407. The van der Waals surface area contributed by atoms with E-state index in [1.54, 1.807) is 30.3 Å². The molecule has 8 aromatic carbocycles. The minimum Gasteiger partial charge on any atom is -0.208 e. The van der Waals surface area contributed by atoms with Gasteiger partial charge in [0.2, 0.25) is 0 Å². The van der Waals surface area contributed by atoms with Crippen molar-refractivity contribution in [3.05, 3.63) is 188 Å². The average molecular weight is 644 g/mol. The van der Waals surface area contributed by atoms with Crippen molar-refractivity contribution >= 4 is 21.5 Å². The molecule has 0 radical (unpaired) electrons. The molecule has 0 saturated carbocycles. The van der Waals surface area contributed by atoms with Gasteiger partial charge in [-0.1, -0.05) is 170 Å². The third-order valence-electron chi connectivity index (χ3n) is 8.84. The van der Waals surface area contributed by atoms with Crippen molar-refractivity contribution in [2.24, 2.45) is 0 Å². The number of aromatic nitrogens is 3. The Bertz CT molecular complexity index is 2970. The molecule has 1 heterocycles. The number of hydrogen-bond acceptors (Lipinski definition) is 3. The zero-order valence-electron chi connectivity index (χ0n) is 32.8. The Morgan fingerprint density at radius 2 is 0.800 bits per heavy atom. The van der Waals surface area contributed by atoms with Gasteiger partial charge in [-0.05, 0) is 73.1 Å². The molecule has 50 heavy (non-hydrogen) atoms. The van der Waals surface area contributed by atoms with Crippen LogP contribution < -0.4 is 0 Å². The van der Waals surface area contributed by atoms with Crippen LogP contribution in [0.3, 0.4) is 0 Å². The highest BCUT2D eigenvalue weighted by Crippen LogP contribution is 2.38. The van der Waals surface area contributed by atoms with Crippen LogP contribution in [0.1, 0.15) is 8.22 Å². The standard InChI is InChI=1S/C47H31N3/c1-4-15-32(16-5-1)40-27-28-41(43-26-13-12-25-42(40)43)36-22-14-23-37(29-36)46-48-45(34-19-8-3-9-20-34)49-47(50-46)38-30-35-21-10-11-24-39(35)44(31-38)33-17-6-2-7-18-33/h1-31H/i12D,13D,25D,26D,27D,28D. The van der Waals surface area contributed by atoms with Crippen LogP contribution in [0, 0.1) is 0 Å². The molecule has 234 valence electrons. The summed E-state index contributed by atoms with van der Waals surface area (Å²) in [5.41, 5.74) is 5.96. The van der Waals surface area contributed by atoms with E-state index in [9.17, 15) is 2.74 Å². The summed E-state index contributed by atoms with van der Waals surface area (Å²) < 4.78 is 53.8. The molecule has 0 fully saturated rings. The third kappa shape index (κ3) is 5.51. The molecular formula is C47H31N3. The van der Waals surface area contributed by atoms with Gasteiger partial charge in [0.1, 0.15) is 0 Å². The second-order valence-electron chi connectivity index (χ2n) is 12.0. The smallest absolute Gasteiger partial charge is 0.164 e. The Labute approximate surface area is 299 Å². The first kappa shape index (κ1) is 23.6. The summed E-state index contributed by atoms with van der Waals surface area (Å²) in [6, 6.07) is 47.0. The van der Waals surface area contributed by atoms with Crippen molar-refractivity contribution in [1.29, 1.82) is 0 Å². The van der Waals surface area contributed by atoms with Gasteiger partial charge in [0.05, 0.1) is 8.22 Å². The van der Waals surface area contributed by atoms with E-state index in [2.05, 4.69) is 36.4 Å². The van der Waals surface area contributed by atoms with E-state index in [-0.39, 0.29) is 46.1 Å². The molecule has 0 aliphatic rings. The van der Waals surface area contributed by atoms with Gasteiger partial charge in [0.25, 0.3) is 0 Å². The third-order valence-corrected chi connectivity index (χ3v) is 8.84. The molecule has 9 aromatic rings. The molecule has 0 aliphatic heterocycles. The first-order valence-corrected chi connectivity index (χ1v) is 16.4. The molecule has 0 N–H and O–H groups in total. The predicted molar refractivity (Wildman–Crippen MR) is 207 cm³/mol. The van der Waals surface area contributed by atoms with E-state index in [0.717, 1.165) is 33.0 Å². The van der Waals surface area contributed by atoms with Crippen LogP contribution in [0.5, 0.6) is 0 Å². The van der Waals surface area contributed by atoms with Gasteiger partial charge in [-0.15, -0.1) is 0 Å². The molecule has 0 atom stereocenters. The molecule has 0 saturated heterocycles. The number of hydrogen-bond donors (Lipinski definition) is 0. The van der Waals surface area contributed by atoms with E-state index >= 15 is 0 Å². The van der Waals surface area contributed by atoms with E-state index < -0.39 is 12.1 Å². The van der Waals surface area contributed by atoms with Gasteiger partial charge < -0.3 is 0 Å². The molecule has 3 heteroatoms. The summed E-state index contributed by atoms with van der Waals surface area (Å²) in [5.74, 6) is 1.34. The average Bonchev–Trinajstić information content (AvgIpc) is 3.26. The highest BCUT2D eigenvalue weighted by molar-refractivity contribution is 6.05. The molecule has 0 amide bonds. The maximum Gasteiger partial charge on any atom is 0.164 e. The van der Waals surface area contributed by atoms with Gasteiger partial charge >= 0.3 is 0 Å². The van der Waals surface area contributed by atoms with Crippen LogP contribution in [-0.4, -0.2) is 15.0 Å². The number of rotatable bonds is 6. The van der Waals surface area contributed by atoms with Crippen LogP contribution >= 0.6 is 0 Å². The molecule has 0 aliphatic carbocycles. The zero-order chi connectivity index (χ0) is 38.5. The minimum absolute atomic E-state index is 0.131. The van der Waals surface area contributed by atoms with E-state index in [1.165, 1.54) is 0 Å². The summed E-state index contributed by atoms with van der Waals surface area (Å²) in [5, 5.41) is 2.52. The van der Waals surface area contributed by atoms with E-state index in [0.29, 0.717) is 34.2 Å². The summed E-state index contributed by atoms with van der Waals surface area (Å²) in [6.07, 6.45) is 0. The van der Waals surface area contributed by atoms with Gasteiger partial charge in [-0.3, -0.25) is 0 Å². The topological polar surface area (TPSA) is 38.7 Å². The Hall–Kier alpha value is -6.71. The van der Waals surface area contributed by atoms with Gasteiger partial charge in [-0.25, -0.2) is 15.0 Å². The van der Waals surface area contributed by atoms with Crippen molar-refractivity contribution in [2.75, 3.05) is 0 Å². The normalized spacial score (nSPS) is 12.9. The highest BCUT2D eigenvalue weighted by Gasteiger charge is 2.16. The maximum atomic E-state index is 9.34. The van der Waals surface area contributed by atoms with Crippen LogP contribution in [-0.2, 0) is 0 Å². The lowest BCUT2D eigenvalue weighted by molar-refractivity contribution is 1.07. The van der Waals surface area contributed by atoms with Gasteiger partial charge in [0.15, 0.2) is 17.5 Å². The van der Waals surface area contributed by atoms with Gasteiger partial charge in [0, 0.05) is 16.7 Å². The summed E-state index contributed by atoms with van der Waals surface area (Å²) >= 11 is 0. The second kappa shape index (κ2) is 12.7. The Morgan fingerprint density at radius 3 is 1.46 bits per heavy atom. The molecule has 0 bridgehead atoms. The molecular weight excluding hydrogens is 607 g/mol. The van der Waals surface area contributed by atoms with Crippen LogP contribution in [0.4, 0.5) is 0 Å². The van der Waals surface area contributed by atoms with E-state index in [1.807, 2.05) is 84.9 Å². The Balaban J connectivity index is 1.28. The number of benzene rings is 8. The molecule has 0 spiro atoms. The summed E-state index contributed by atoms with van der Waals surface area (Å²) in [4.78, 5) is 15.0. The van der Waals surface area contributed by atoms with Gasteiger partial charge in [-0.2, -0.15) is 0 Å². The second-order valence-corrected chi connectivity index (χ2v) is 12.0. The number of fused-ring (bicyclic) bond motifs is 2. The first-order chi connectivity index (χ1) is 27.3. The zero-order valence-corrected chi connectivity index (χ0v) is 26.8. The SMILES string of the molecule is [2H]c1c([2H])c([2H])c2c(-c3cccc(-c4nc(-c5ccccc5)nc(-c5cc(-c6ccccc6)c6ccccc6c5)n4)c3)c([2H])c([2H])c(-c3ccccc3)c2c1[2H]. The van der Waals surface area contributed by atoms with Crippen molar-refractivity contribution in [1.82, 2.24) is 15.0 Å². The maximum absolute atomic E-state index is 9.34. The molecule has 1 aromatic heterocycles. The first-order valence-electron chi connectivity index (χ1n) is 19.4. The van der Waals surface area contributed by atoms with Crippen molar-refractivity contribution in [2.45, 2.75) is 0 Å². The lowest BCUT2D eigenvalue weighted by atomic mass is 9.91. The Morgan fingerprint density at radius 1 is 0.320 bits per heavy atom.